The first kappa shape index (κ1) is 22.5. The predicted molar refractivity (Wildman–Crippen MR) is 116 cm³/mol. The lowest BCUT2D eigenvalue weighted by atomic mass is 9.90. The minimum atomic E-state index is -0.583. The zero-order valence-electron chi connectivity index (χ0n) is 18.0. The predicted octanol–water partition coefficient (Wildman–Crippen LogP) is 1.74. The number of piperidine rings is 1. The van der Waals surface area contributed by atoms with Crippen molar-refractivity contribution >= 4 is 23.5 Å². The average molecular weight is 426 g/mol. The zero-order valence-corrected chi connectivity index (χ0v) is 18.0. The summed E-state index contributed by atoms with van der Waals surface area (Å²) in [5.74, 6) is -0.695. The molecule has 2 aromatic rings. The minimum absolute atomic E-state index is 0.195. The maximum atomic E-state index is 12.7. The van der Waals surface area contributed by atoms with Gasteiger partial charge in [0.05, 0.1) is 44.1 Å². The summed E-state index contributed by atoms with van der Waals surface area (Å²) in [6.45, 7) is 2.16. The van der Waals surface area contributed by atoms with E-state index >= 15 is 0 Å². The summed E-state index contributed by atoms with van der Waals surface area (Å²) in [7, 11) is 2.55. The normalized spacial score (nSPS) is 18.1. The molecule has 7 heteroatoms. The third kappa shape index (κ3) is 6.15. The van der Waals surface area contributed by atoms with Gasteiger partial charge >= 0.3 is 11.9 Å². The number of ether oxygens (including phenoxy) is 2. The number of nitrogens with one attached hydrogen (secondary N) is 2. The first-order chi connectivity index (χ1) is 15.0. The van der Waals surface area contributed by atoms with Crippen molar-refractivity contribution < 1.29 is 28.8 Å². The quantitative estimate of drug-likeness (QED) is 0.660. The van der Waals surface area contributed by atoms with E-state index in [9.17, 15) is 14.4 Å². The van der Waals surface area contributed by atoms with Crippen molar-refractivity contribution in [3.8, 4) is 0 Å². The third-order valence-corrected chi connectivity index (χ3v) is 5.71. The Labute approximate surface area is 182 Å². The van der Waals surface area contributed by atoms with Crippen LogP contribution in [0.3, 0.4) is 0 Å². The van der Waals surface area contributed by atoms with Gasteiger partial charge in [0, 0.05) is 0 Å². The van der Waals surface area contributed by atoms with Crippen molar-refractivity contribution in [2.75, 3.05) is 39.2 Å². The summed E-state index contributed by atoms with van der Waals surface area (Å²) in [4.78, 5) is 37.8. The molecule has 0 atom stereocenters. The second-order valence-corrected chi connectivity index (χ2v) is 7.85. The number of benzene rings is 2. The smallest absolute Gasteiger partial charge is 0.339 e. The van der Waals surface area contributed by atoms with Gasteiger partial charge in [-0.2, -0.15) is 0 Å². The number of hydrogen-bond donors (Lipinski definition) is 2. The van der Waals surface area contributed by atoms with Crippen LogP contribution in [0.5, 0.6) is 0 Å². The summed E-state index contributed by atoms with van der Waals surface area (Å²) < 4.78 is 9.51. The number of likely N-dealkylation sites (tertiary alicyclic amines) is 1. The molecule has 1 saturated heterocycles. The number of rotatable bonds is 7. The van der Waals surface area contributed by atoms with Crippen molar-refractivity contribution in [1.29, 1.82) is 0 Å². The van der Waals surface area contributed by atoms with Crippen LogP contribution in [-0.4, -0.2) is 51.7 Å². The van der Waals surface area contributed by atoms with Crippen LogP contribution in [0.1, 0.15) is 39.1 Å². The Bertz CT molecular complexity index is 921. The summed E-state index contributed by atoms with van der Waals surface area (Å²) >= 11 is 0. The van der Waals surface area contributed by atoms with E-state index < -0.39 is 11.9 Å². The van der Waals surface area contributed by atoms with Crippen LogP contribution in [0.15, 0.2) is 48.5 Å². The second kappa shape index (κ2) is 10.7. The Kier molecular flexibility index (Phi) is 7.78. The highest BCUT2D eigenvalue weighted by atomic mass is 16.5. The van der Waals surface area contributed by atoms with Crippen molar-refractivity contribution in [1.82, 2.24) is 0 Å². The Balaban J connectivity index is 1.58. The fourth-order valence-corrected chi connectivity index (χ4v) is 4.02. The lowest BCUT2D eigenvalue weighted by Crippen LogP contribution is -3.14. The van der Waals surface area contributed by atoms with Crippen LogP contribution in [0.2, 0.25) is 0 Å². The molecule has 31 heavy (non-hydrogen) atoms. The Morgan fingerprint density at radius 1 is 0.968 bits per heavy atom. The third-order valence-electron chi connectivity index (χ3n) is 5.71. The molecule has 1 fully saturated rings. The van der Waals surface area contributed by atoms with E-state index in [-0.39, 0.29) is 22.7 Å². The van der Waals surface area contributed by atoms with Gasteiger partial charge in [0.1, 0.15) is 0 Å². The summed E-state index contributed by atoms with van der Waals surface area (Å²) in [5, 5.41) is 2.78. The first-order valence-corrected chi connectivity index (χ1v) is 10.5. The Morgan fingerprint density at radius 2 is 1.65 bits per heavy atom. The molecule has 0 spiro atoms. The maximum Gasteiger partial charge on any atom is 0.339 e. The van der Waals surface area contributed by atoms with E-state index in [1.165, 1.54) is 42.9 Å². The van der Waals surface area contributed by atoms with Crippen LogP contribution in [0, 0.1) is 5.92 Å². The number of carbonyl (C=O) groups is 3. The summed E-state index contributed by atoms with van der Waals surface area (Å²) in [6.07, 6.45) is 3.22. The zero-order chi connectivity index (χ0) is 22.2. The molecule has 164 valence electrons. The number of quaternary nitrogens is 1. The van der Waals surface area contributed by atoms with E-state index in [1.54, 1.807) is 0 Å². The molecule has 1 heterocycles. The van der Waals surface area contributed by atoms with Gasteiger partial charge in [-0.3, -0.25) is 4.79 Å². The number of anilines is 1. The molecular weight excluding hydrogens is 396 g/mol. The van der Waals surface area contributed by atoms with Crippen LogP contribution in [0.4, 0.5) is 5.69 Å². The molecule has 2 aromatic carbocycles. The maximum absolute atomic E-state index is 12.7. The van der Waals surface area contributed by atoms with Crippen LogP contribution in [-0.2, 0) is 20.7 Å². The van der Waals surface area contributed by atoms with E-state index in [0.717, 1.165) is 32.4 Å². The molecule has 1 amide bonds. The topological polar surface area (TPSA) is 86.1 Å². The van der Waals surface area contributed by atoms with Gasteiger partial charge in [-0.1, -0.05) is 30.3 Å². The Morgan fingerprint density at radius 3 is 2.29 bits per heavy atom. The van der Waals surface area contributed by atoms with Crippen LogP contribution < -0.4 is 10.2 Å². The van der Waals surface area contributed by atoms with E-state index in [1.807, 2.05) is 6.07 Å². The fourth-order valence-electron chi connectivity index (χ4n) is 4.02. The van der Waals surface area contributed by atoms with Crippen molar-refractivity contribution in [2.24, 2.45) is 5.92 Å². The van der Waals surface area contributed by atoms with Gasteiger partial charge in [-0.05, 0) is 48.9 Å². The molecule has 1 aliphatic rings. The number of methoxy groups -OCH3 is 2. The summed E-state index contributed by atoms with van der Waals surface area (Å²) in [6, 6.07) is 14.8. The highest BCUT2D eigenvalue weighted by Crippen LogP contribution is 2.20. The molecule has 0 bridgehead atoms. The largest absolute Gasteiger partial charge is 0.465 e. The van der Waals surface area contributed by atoms with Crippen molar-refractivity contribution in [3.63, 3.8) is 0 Å². The number of esters is 2. The highest BCUT2D eigenvalue weighted by molar-refractivity contribution is 6.03. The molecular formula is C24H29N2O5+. The fraction of sp³-hybridized carbons (Fsp3) is 0.375. The molecule has 3 rings (SSSR count). The van der Waals surface area contributed by atoms with Gasteiger partial charge in [0.2, 0.25) is 0 Å². The molecule has 7 nitrogen and oxygen atoms in total. The van der Waals surface area contributed by atoms with Gasteiger partial charge in [-0.15, -0.1) is 0 Å². The van der Waals surface area contributed by atoms with Gasteiger partial charge in [0.25, 0.3) is 5.91 Å². The standard InChI is InChI=1S/C24H28N2O5/c1-30-23(28)19-8-9-20(24(29)31-2)21(15-19)25-22(27)16-26-12-10-18(11-13-26)14-17-6-4-3-5-7-17/h3-9,15,18H,10-14,16H2,1-2H3,(H,25,27)/p+1. The van der Waals surface area contributed by atoms with Crippen molar-refractivity contribution in [3.05, 3.63) is 65.2 Å². The number of carbonyl (C=O) groups excluding carboxylic acids is 3. The minimum Gasteiger partial charge on any atom is -0.465 e. The molecule has 0 radical (unpaired) electrons. The summed E-state index contributed by atoms with van der Waals surface area (Å²) in [5.41, 5.74) is 2.05. The molecule has 0 aromatic heterocycles. The number of amides is 1. The van der Waals surface area contributed by atoms with E-state index in [4.69, 9.17) is 9.47 Å². The van der Waals surface area contributed by atoms with Gasteiger partial charge in [0.15, 0.2) is 6.54 Å². The lowest BCUT2D eigenvalue weighted by Gasteiger charge is -2.29. The number of hydrogen-bond acceptors (Lipinski definition) is 5. The molecule has 2 N–H and O–H groups in total. The Hall–Kier alpha value is -3.19. The average Bonchev–Trinajstić information content (AvgIpc) is 2.80. The molecule has 0 aliphatic carbocycles. The lowest BCUT2D eigenvalue weighted by molar-refractivity contribution is -0.898. The van der Waals surface area contributed by atoms with Crippen LogP contribution in [0.25, 0.3) is 0 Å². The van der Waals surface area contributed by atoms with Gasteiger partial charge in [-0.25, -0.2) is 9.59 Å². The first-order valence-electron chi connectivity index (χ1n) is 10.5. The van der Waals surface area contributed by atoms with E-state index in [0.29, 0.717) is 12.5 Å². The monoisotopic (exact) mass is 425 g/mol. The van der Waals surface area contributed by atoms with E-state index in [2.05, 4.69) is 29.6 Å². The highest BCUT2D eigenvalue weighted by Gasteiger charge is 2.25. The molecule has 0 saturated carbocycles. The van der Waals surface area contributed by atoms with Gasteiger partial charge < -0.3 is 19.7 Å². The van der Waals surface area contributed by atoms with Crippen molar-refractivity contribution in [2.45, 2.75) is 19.3 Å². The molecule has 1 aliphatic heterocycles. The SMILES string of the molecule is COC(=O)c1ccc(C(=O)OC)c(NC(=O)C[NH+]2CCC(Cc3ccccc3)CC2)c1. The van der Waals surface area contributed by atoms with Crippen LogP contribution >= 0.6 is 0 Å². The second-order valence-electron chi connectivity index (χ2n) is 7.85. The molecule has 0 unspecified atom stereocenters.